The van der Waals surface area contributed by atoms with E-state index in [-0.39, 0.29) is 6.04 Å². The number of nitrogens with two attached hydrogens (primary N) is 1. The third-order valence-corrected chi connectivity index (χ3v) is 2.99. The molecular formula is C14H14N4. The highest BCUT2D eigenvalue weighted by Gasteiger charge is 2.08. The molecule has 3 rings (SSSR count). The molecule has 90 valence electrons. The average molecular weight is 238 g/mol. The minimum atomic E-state index is -0.103. The van der Waals surface area contributed by atoms with Crippen LogP contribution in [0.2, 0.25) is 0 Å². The van der Waals surface area contributed by atoms with Crippen LogP contribution in [-0.4, -0.2) is 15.0 Å². The summed E-state index contributed by atoms with van der Waals surface area (Å²) in [7, 11) is 0. The van der Waals surface area contributed by atoms with Crippen molar-refractivity contribution in [1.29, 1.82) is 0 Å². The van der Waals surface area contributed by atoms with Crippen LogP contribution in [0, 0.1) is 0 Å². The lowest BCUT2D eigenvalue weighted by Crippen LogP contribution is -2.04. The lowest BCUT2D eigenvalue weighted by atomic mass is 10.1. The Bertz CT molecular complexity index is 680. The van der Waals surface area contributed by atoms with Gasteiger partial charge in [-0.15, -0.1) is 5.10 Å². The smallest absolute Gasteiger partial charge is 0.0995 e. The van der Waals surface area contributed by atoms with E-state index in [1.54, 1.807) is 4.68 Å². The normalized spacial score (nSPS) is 12.8. The number of fused-ring (bicyclic) bond motifs is 1. The zero-order valence-corrected chi connectivity index (χ0v) is 10.1. The van der Waals surface area contributed by atoms with Crippen molar-refractivity contribution in [1.82, 2.24) is 15.0 Å². The van der Waals surface area contributed by atoms with Crippen molar-refractivity contribution < 1.29 is 0 Å². The molecule has 1 heterocycles. The van der Waals surface area contributed by atoms with E-state index in [1.807, 2.05) is 37.4 Å². The van der Waals surface area contributed by atoms with Crippen LogP contribution in [0.4, 0.5) is 0 Å². The van der Waals surface area contributed by atoms with Gasteiger partial charge in [0.15, 0.2) is 0 Å². The van der Waals surface area contributed by atoms with Gasteiger partial charge in [0.1, 0.15) is 0 Å². The number of rotatable bonds is 2. The molecular weight excluding hydrogens is 224 g/mol. The number of nitrogens with zero attached hydrogens (tertiary/aromatic N) is 3. The van der Waals surface area contributed by atoms with Crippen LogP contribution in [0.5, 0.6) is 0 Å². The van der Waals surface area contributed by atoms with E-state index in [1.165, 1.54) is 5.39 Å². The molecule has 0 radical (unpaired) electrons. The van der Waals surface area contributed by atoms with Crippen LogP contribution >= 0.6 is 0 Å². The second-order valence-electron chi connectivity index (χ2n) is 4.37. The molecule has 1 atom stereocenters. The Morgan fingerprint density at radius 2 is 1.89 bits per heavy atom. The van der Waals surface area contributed by atoms with Crippen LogP contribution in [-0.2, 0) is 0 Å². The summed E-state index contributed by atoms with van der Waals surface area (Å²) in [5.74, 6) is 0. The highest BCUT2D eigenvalue weighted by molar-refractivity contribution is 5.89. The molecule has 0 saturated carbocycles. The first kappa shape index (κ1) is 10.9. The second-order valence-corrected chi connectivity index (χ2v) is 4.37. The maximum atomic E-state index is 5.80. The van der Waals surface area contributed by atoms with Gasteiger partial charge in [-0.2, -0.15) is 0 Å². The van der Waals surface area contributed by atoms with Crippen molar-refractivity contribution in [2.45, 2.75) is 13.0 Å². The summed E-state index contributed by atoms with van der Waals surface area (Å²) in [5, 5.41) is 10.6. The Kier molecular flexibility index (Phi) is 2.57. The van der Waals surface area contributed by atoms with E-state index in [0.29, 0.717) is 0 Å². The average Bonchev–Trinajstić information content (AvgIpc) is 2.87. The first-order valence-corrected chi connectivity index (χ1v) is 5.91. The number of hydrogen-bond acceptors (Lipinski definition) is 3. The molecule has 2 aromatic carbocycles. The van der Waals surface area contributed by atoms with Crippen LogP contribution in [0.3, 0.4) is 0 Å². The van der Waals surface area contributed by atoms with Gasteiger partial charge >= 0.3 is 0 Å². The second kappa shape index (κ2) is 4.23. The van der Waals surface area contributed by atoms with Crippen LogP contribution in [0.25, 0.3) is 16.5 Å². The fourth-order valence-corrected chi connectivity index (χ4v) is 2.01. The maximum absolute atomic E-state index is 5.80. The summed E-state index contributed by atoms with van der Waals surface area (Å²) in [4.78, 5) is 0. The van der Waals surface area contributed by atoms with Crippen molar-refractivity contribution in [2.75, 3.05) is 0 Å². The first-order chi connectivity index (χ1) is 8.75. The van der Waals surface area contributed by atoms with Crippen molar-refractivity contribution in [3.8, 4) is 5.69 Å². The summed E-state index contributed by atoms with van der Waals surface area (Å²) >= 11 is 0. The van der Waals surface area contributed by atoms with Crippen molar-refractivity contribution in [3.05, 3.63) is 54.4 Å². The predicted octanol–water partition coefficient (Wildman–Crippen LogP) is 2.44. The van der Waals surface area contributed by atoms with Gasteiger partial charge in [0.2, 0.25) is 0 Å². The van der Waals surface area contributed by atoms with Gasteiger partial charge in [0.25, 0.3) is 0 Å². The van der Waals surface area contributed by atoms with Crippen molar-refractivity contribution >= 4 is 10.8 Å². The van der Waals surface area contributed by atoms with E-state index in [0.717, 1.165) is 16.8 Å². The standard InChI is InChI=1S/C14H14N4/c1-10(15)13-9-18(17-16-13)14-8-4-6-11-5-2-3-7-12(11)14/h2-10H,15H2,1H3. The Morgan fingerprint density at radius 1 is 1.11 bits per heavy atom. The number of hydrogen-bond donors (Lipinski definition) is 1. The van der Waals surface area contributed by atoms with Gasteiger partial charge in [0.05, 0.1) is 17.6 Å². The molecule has 0 fully saturated rings. The summed E-state index contributed by atoms with van der Waals surface area (Å²) in [6, 6.07) is 14.2. The summed E-state index contributed by atoms with van der Waals surface area (Å²) in [6.07, 6.45) is 1.88. The van der Waals surface area contributed by atoms with E-state index in [2.05, 4.69) is 28.5 Å². The van der Waals surface area contributed by atoms with E-state index >= 15 is 0 Å². The lowest BCUT2D eigenvalue weighted by Gasteiger charge is -2.05. The summed E-state index contributed by atoms with van der Waals surface area (Å²) in [5.41, 5.74) is 7.62. The molecule has 4 heteroatoms. The fourth-order valence-electron chi connectivity index (χ4n) is 2.01. The van der Waals surface area contributed by atoms with E-state index in [4.69, 9.17) is 5.73 Å². The molecule has 1 aromatic heterocycles. The lowest BCUT2D eigenvalue weighted by molar-refractivity contribution is 0.757. The molecule has 4 nitrogen and oxygen atoms in total. The zero-order valence-electron chi connectivity index (χ0n) is 10.1. The minimum absolute atomic E-state index is 0.103. The van der Waals surface area contributed by atoms with E-state index < -0.39 is 0 Å². The third kappa shape index (κ3) is 1.76. The molecule has 0 spiro atoms. The molecule has 2 N–H and O–H groups in total. The zero-order chi connectivity index (χ0) is 12.5. The molecule has 0 bridgehead atoms. The Balaban J connectivity index is 2.18. The summed E-state index contributed by atoms with van der Waals surface area (Å²) in [6.45, 7) is 1.90. The maximum Gasteiger partial charge on any atom is 0.0995 e. The monoisotopic (exact) mass is 238 g/mol. The fraction of sp³-hybridized carbons (Fsp3) is 0.143. The van der Waals surface area contributed by atoms with Crippen molar-refractivity contribution in [3.63, 3.8) is 0 Å². The van der Waals surface area contributed by atoms with Gasteiger partial charge < -0.3 is 5.73 Å². The Morgan fingerprint density at radius 3 is 2.67 bits per heavy atom. The highest BCUT2D eigenvalue weighted by Crippen LogP contribution is 2.21. The molecule has 3 aromatic rings. The Hall–Kier alpha value is -2.20. The summed E-state index contributed by atoms with van der Waals surface area (Å²) < 4.78 is 1.78. The topological polar surface area (TPSA) is 56.7 Å². The van der Waals surface area contributed by atoms with Gasteiger partial charge in [0, 0.05) is 11.4 Å². The van der Waals surface area contributed by atoms with Gasteiger partial charge in [-0.3, -0.25) is 0 Å². The predicted molar refractivity (Wildman–Crippen MR) is 71.5 cm³/mol. The Labute approximate surface area is 105 Å². The molecule has 0 aliphatic carbocycles. The molecule has 18 heavy (non-hydrogen) atoms. The highest BCUT2D eigenvalue weighted by atomic mass is 15.4. The molecule has 1 unspecified atom stereocenters. The number of benzene rings is 2. The van der Waals surface area contributed by atoms with Crippen molar-refractivity contribution in [2.24, 2.45) is 5.73 Å². The van der Waals surface area contributed by atoms with Crippen LogP contribution in [0.15, 0.2) is 48.7 Å². The first-order valence-electron chi connectivity index (χ1n) is 5.91. The molecule has 0 aliphatic heterocycles. The third-order valence-electron chi connectivity index (χ3n) is 2.99. The SMILES string of the molecule is CC(N)c1cn(-c2cccc3ccccc23)nn1. The molecule has 0 aliphatic rings. The van der Waals surface area contributed by atoms with E-state index in [9.17, 15) is 0 Å². The van der Waals surface area contributed by atoms with Crippen LogP contribution in [0.1, 0.15) is 18.7 Å². The minimum Gasteiger partial charge on any atom is -0.323 e. The largest absolute Gasteiger partial charge is 0.323 e. The van der Waals surface area contributed by atoms with Gasteiger partial charge in [-0.05, 0) is 18.4 Å². The molecule has 0 amide bonds. The quantitative estimate of drug-likeness (QED) is 0.746. The number of aromatic nitrogens is 3. The van der Waals surface area contributed by atoms with Gasteiger partial charge in [-0.1, -0.05) is 41.6 Å². The van der Waals surface area contributed by atoms with Gasteiger partial charge in [-0.25, -0.2) is 4.68 Å². The molecule has 0 saturated heterocycles. The van der Waals surface area contributed by atoms with Crippen LogP contribution < -0.4 is 5.73 Å².